The Morgan fingerprint density at radius 2 is 1.89 bits per heavy atom. The first-order valence-corrected chi connectivity index (χ1v) is 7.56. The zero-order valence-electron chi connectivity index (χ0n) is 13.4. The van der Waals surface area contributed by atoms with Crippen LogP contribution in [0, 0.1) is 11.8 Å². The van der Waals surface area contributed by atoms with Crippen molar-refractivity contribution in [3.8, 4) is 0 Å². The third-order valence-corrected chi connectivity index (χ3v) is 4.06. The standard InChI is InChI=1S/C15H31N3O/c1-10(2)7-13(15(19)16-6)17-14-9-18(11(3)4)8-12(14)5/h10-14,17H,7-9H2,1-6H3,(H,16,19)/t12-,13+,14+/m1/s1. The summed E-state index contributed by atoms with van der Waals surface area (Å²) in [7, 11) is 1.72. The fourth-order valence-electron chi connectivity index (χ4n) is 2.80. The Hall–Kier alpha value is -0.610. The van der Waals surface area contributed by atoms with Crippen LogP contribution in [0.2, 0.25) is 0 Å². The van der Waals surface area contributed by atoms with Crippen LogP contribution in [0.5, 0.6) is 0 Å². The topological polar surface area (TPSA) is 44.4 Å². The number of rotatable bonds is 6. The molecule has 0 saturated carbocycles. The minimum atomic E-state index is -0.0652. The first-order valence-electron chi connectivity index (χ1n) is 7.56. The van der Waals surface area contributed by atoms with Gasteiger partial charge in [0.05, 0.1) is 6.04 Å². The summed E-state index contributed by atoms with van der Waals surface area (Å²) in [4.78, 5) is 14.5. The monoisotopic (exact) mass is 269 g/mol. The molecule has 1 amide bonds. The molecular weight excluding hydrogens is 238 g/mol. The zero-order chi connectivity index (χ0) is 14.6. The van der Waals surface area contributed by atoms with Crippen molar-refractivity contribution in [3.63, 3.8) is 0 Å². The number of hydrogen-bond donors (Lipinski definition) is 2. The molecule has 1 aliphatic heterocycles. The van der Waals surface area contributed by atoms with Crippen LogP contribution in [0.15, 0.2) is 0 Å². The first-order chi connectivity index (χ1) is 8.85. The summed E-state index contributed by atoms with van der Waals surface area (Å²) in [6.45, 7) is 13.2. The van der Waals surface area contributed by atoms with Crippen LogP contribution >= 0.6 is 0 Å². The average Bonchev–Trinajstić information content (AvgIpc) is 2.69. The van der Waals surface area contributed by atoms with E-state index in [1.807, 2.05) is 0 Å². The predicted molar refractivity (Wildman–Crippen MR) is 80.1 cm³/mol. The van der Waals surface area contributed by atoms with Crippen molar-refractivity contribution in [1.82, 2.24) is 15.5 Å². The molecule has 1 aliphatic rings. The average molecular weight is 269 g/mol. The molecule has 0 radical (unpaired) electrons. The maximum atomic E-state index is 12.0. The van der Waals surface area contributed by atoms with E-state index in [4.69, 9.17) is 0 Å². The quantitative estimate of drug-likeness (QED) is 0.767. The lowest BCUT2D eigenvalue weighted by Gasteiger charge is -2.26. The van der Waals surface area contributed by atoms with Crippen LogP contribution in [-0.2, 0) is 4.79 Å². The molecule has 0 aromatic carbocycles. The van der Waals surface area contributed by atoms with E-state index in [0.29, 0.717) is 23.9 Å². The number of likely N-dealkylation sites (N-methyl/N-ethyl adjacent to an activating group) is 1. The van der Waals surface area contributed by atoms with Gasteiger partial charge in [-0.15, -0.1) is 0 Å². The van der Waals surface area contributed by atoms with Crippen molar-refractivity contribution in [1.29, 1.82) is 0 Å². The number of likely N-dealkylation sites (tertiary alicyclic amines) is 1. The van der Waals surface area contributed by atoms with Gasteiger partial charge in [-0.25, -0.2) is 0 Å². The summed E-state index contributed by atoms with van der Waals surface area (Å²) >= 11 is 0. The maximum absolute atomic E-state index is 12.0. The summed E-state index contributed by atoms with van der Waals surface area (Å²) in [5, 5.41) is 6.36. The summed E-state index contributed by atoms with van der Waals surface area (Å²) in [6.07, 6.45) is 0.893. The highest BCUT2D eigenvalue weighted by Gasteiger charge is 2.33. The molecule has 0 aliphatic carbocycles. The second kappa shape index (κ2) is 7.25. The molecule has 4 nitrogen and oxygen atoms in total. The SMILES string of the molecule is CNC(=O)[C@H](CC(C)C)N[C@H]1CN(C(C)C)C[C@H]1C. The Bertz CT molecular complexity index is 291. The molecule has 4 heteroatoms. The van der Waals surface area contributed by atoms with Gasteiger partial charge >= 0.3 is 0 Å². The van der Waals surface area contributed by atoms with E-state index >= 15 is 0 Å². The molecule has 1 rings (SSSR count). The van der Waals surface area contributed by atoms with Crippen molar-refractivity contribution >= 4 is 5.91 Å². The molecule has 0 spiro atoms. The van der Waals surface area contributed by atoms with Crippen LogP contribution in [-0.4, -0.2) is 49.1 Å². The molecule has 1 fully saturated rings. The second-order valence-electron chi connectivity index (χ2n) is 6.59. The summed E-state index contributed by atoms with van der Waals surface area (Å²) < 4.78 is 0. The molecule has 3 atom stereocenters. The lowest BCUT2D eigenvalue weighted by molar-refractivity contribution is -0.123. The van der Waals surface area contributed by atoms with Crippen molar-refractivity contribution in [3.05, 3.63) is 0 Å². The predicted octanol–water partition coefficient (Wildman–Crippen LogP) is 1.47. The van der Waals surface area contributed by atoms with Gasteiger partial charge in [-0.05, 0) is 32.1 Å². The number of nitrogens with zero attached hydrogens (tertiary/aromatic N) is 1. The van der Waals surface area contributed by atoms with E-state index in [-0.39, 0.29) is 11.9 Å². The van der Waals surface area contributed by atoms with Crippen LogP contribution in [0.25, 0.3) is 0 Å². The van der Waals surface area contributed by atoms with Gasteiger partial charge in [-0.3, -0.25) is 9.69 Å². The lowest BCUT2D eigenvalue weighted by Crippen LogP contribution is -2.50. The van der Waals surface area contributed by atoms with Crippen LogP contribution in [0.4, 0.5) is 0 Å². The number of hydrogen-bond acceptors (Lipinski definition) is 3. The van der Waals surface area contributed by atoms with E-state index in [1.54, 1.807) is 7.05 Å². The molecule has 0 unspecified atom stereocenters. The van der Waals surface area contributed by atoms with Gasteiger partial charge < -0.3 is 10.6 Å². The highest BCUT2D eigenvalue weighted by atomic mass is 16.2. The van der Waals surface area contributed by atoms with Crippen LogP contribution in [0.3, 0.4) is 0 Å². The van der Waals surface area contributed by atoms with Crippen LogP contribution < -0.4 is 10.6 Å². The third-order valence-electron chi connectivity index (χ3n) is 4.06. The summed E-state index contributed by atoms with van der Waals surface area (Å²) in [5.74, 6) is 1.23. The molecule has 0 aromatic rings. The molecular formula is C15H31N3O. The molecule has 19 heavy (non-hydrogen) atoms. The largest absolute Gasteiger partial charge is 0.358 e. The normalized spacial score (nSPS) is 26.1. The Morgan fingerprint density at radius 1 is 1.26 bits per heavy atom. The van der Waals surface area contributed by atoms with Gasteiger partial charge in [-0.1, -0.05) is 20.8 Å². The first kappa shape index (κ1) is 16.4. The Labute approximate surface area is 118 Å². The minimum Gasteiger partial charge on any atom is -0.358 e. The number of carbonyl (C=O) groups is 1. The van der Waals surface area contributed by atoms with E-state index in [9.17, 15) is 4.79 Å². The minimum absolute atomic E-state index is 0.0652. The third kappa shape index (κ3) is 4.77. The van der Waals surface area contributed by atoms with Gasteiger partial charge in [0.1, 0.15) is 0 Å². The van der Waals surface area contributed by atoms with Gasteiger partial charge in [0.25, 0.3) is 0 Å². The summed E-state index contributed by atoms with van der Waals surface area (Å²) in [6, 6.07) is 0.936. The molecule has 0 aromatic heterocycles. The van der Waals surface area contributed by atoms with Crippen molar-refractivity contribution < 1.29 is 4.79 Å². The van der Waals surface area contributed by atoms with E-state index in [0.717, 1.165) is 19.5 Å². The van der Waals surface area contributed by atoms with E-state index < -0.39 is 0 Å². The van der Waals surface area contributed by atoms with Gasteiger partial charge in [0.15, 0.2) is 0 Å². The smallest absolute Gasteiger partial charge is 0.236 e. The Morgan fingerprint density at radius 3 is 2.32 bits per heavy atom. The zero-order valence-corrected chi connectivity index (χ0v) is 13.4. The fraction of sp³-hybridized carbons (Fsp3) is 0.933. The van der Waals surface area contributed by atoms with Gasteiger partial charge in [-0.2, -0.15) is 0 Å². The molecule has 1 heterocycles. The van der Waals surface area contributed by atoms with Crippen molar-refractivity contribution in [2.75, 3.05) is 20.1 Å². The molecule has 112 valence electrons. The molecule has 1 saturated heterocycles. The maximum Gasteiger partial charge on any atom is 0.236 e. The van der Waals surface area contributed by atoms with Crippen molar-refractivity contribution in [2.24, 2.45) is 11.8 Å². The Kier molecular flexibility index (Phi) is 6.27. The number of carbonyl (C=O) groups excluding carboxylic acids is 1. The highest BCUT2D eigenvalue weighted by Crippen LogP contribution is 2.20. The van der Waals surface area contributed by atoms with Crippen molar-refractivity contribution in [2.45, 2.75) is 59.2 Å². The number of nitrogens with one attached hydrogen (secondary N) is 2. The van der Waals surface area contributed by atoms with Gasteiger partial charge in [0, 0.05) is 32.2 Å². The van der Waals surface area contributed by atoms with Crippen LogP contribution in [0.1, 0.15) is 41.0 Å². The lowest BCUT2D eigenvalue weighted by atomic mass is 9.99. The second-order valence-corrected chi connectivity index (χ2v) is 6.59. The molecule has 2 N–H and O–H groups in total. The van der Waals surface area contributed by atoms with Gasteiger partial charge in [0.2, 0.25) is 5.91 Å². The fourth-order valence-corrected chi connectivity index (χ4v) is 2.80. The summed E-state index contributed by atoms with van der Waals surface area (Å²) in [5.41, 5.74) is 0. The van der Waals surface area contributed by atoms with E-state index in [1.165, 1.54) is 0 Å². The highest BCUT2D eigenvalue weighted by molar-refractivity contribution is 5.81. The number of amides is 1. The van der Waals surface area contributed by atoms with E-state index in [2.05, 4.69) is 50.2 Å². The Balaban J connectivity index is 2.61. The molecule has 0 bridgehead atoms.